The molecule has 2 rings (SSSR count). The summed E-state index contributed by atoms with van der Waals surface area (Å²) in [5.41, 5.74) is 0.576. The maximum absolute atomic E-state index is 11.9. The number of hydrogen-bond acceptors (Lipinski definition) is 4. The van der Waals surface area contributed by atoms with Gasteiger partial charge in [0, 0.05) is 30.5 Å². The fraction of sp³-hybridized carbons (Fsp3) is 0.462. The van der Waals surface area contributed by atoms with Crippen molar-refractivity contribution in [3.63, 3.8) is 0 Å². The van der Waals surface area contributed by atoms with E-state index in [1.54, 1.807) is 11.4 Å². The normalized spacial score (nSPS) is 18.0. The third-order valence-electron chi connectivity index (χ3n) is 3.27. The molecular formula is C13H16N2O4S. The van der Waals surface area contributed by atoms with Crippen molar-refractivity contribution in [2.75, 3.05) is 13.1 Å². The Bertz CT molecular complexity index is 500. The van der Waals surface area contributed by atoms with Gasteiger partial charge in [-0.15, -0.1) is 0 Å². The summed E-state index contributed by atoms with van der Waals surface area (Å²) < 4.78 is 0. The molecule has 6 nitrogen and oxygen atoms in total. The number of carboxylic acids is 1. The number of carbonyl (C=O) groups is 3. The summed E-state index contributed by atoms with van der Waals surface area (Å²) in [6.07, 6.45) is 1.34. The monoisotopic (exact) mass is 296 g/mol. The second kappa shape index (κ2) is 6.51. The number of aliphatic carboxylic acids is 1. The first kappa shape index (κ1) is 14.5. The van der Waals surface area contributed by atoms with Crippen LogP contribution in [0.3, 0.4) is 0 Å². The molecule has 2 N–H and O–H groups in total. The van der Waals surface area contributed by atoms with Crippen molar-refractivity contribution in [3.8, 4) is 0 Å². The summed E-state index contributed by atoms with van der Waals surface area (Å²) in [5.74, 6) is -1.39. The zero-order valence-electron chi connectivity index (χ0n) is 10.9. The van der Waals surface area contributed by atoms with Gasteiger partial charge in [-0.1, -0.05) is 0 Å². The van der Waals surface area contributed by atoms with Crippen molar-refractivity contribution < 1.29 is 19.5 Å². The van der Waals surface area contributed by atoms with Crippen LogP contribution in [0.5, 0.6) is 0 Å². The van der Waals surface area contributed by atoms with Gasteiger partial charge in [-0.05, 0) is 24.3 Å². The Hall–Kier alpha value is -1.89. The number of carboxylic acid groups (broad SMARTS) is 1. The van der Waals surface area contributed by atoms with Gasteiger partial charge in [0.25, 0.3) is 5.91 Å². The molecular weight excluding hydrogens is 280 g/mol. The van der Waals surface area contributed by atoms with Crippen LogP contribution < -0.4 is 5.32 Å². The summed E-state index contributed by atoms with van der Waals surface area (Å²) in [5, 5.41) is 15.2. The summed E-state index contributed by atoms with van der Waals surface area (Å²) >= 11 is 1.43. The van der Waals surface area contributed by atoms with Gasteiger partial charge < -0.3 is 15.3 Å². The first-order valence-electron chi connectivity index (χ1n) is 6.42. The zero-order valence-corrected chi connectivity index (χ0v) is 11.7. The Morgan fingerprint density at radius 1 is 1.45 bits per heavy atom. The van der Waals surface area contributed by atoms with E-state index in [0.717, 1.165) is 0 Å². The number of nitrogens with one attached hydrogen (secondary N) is 1. The van der Waals surface area contributed by atoms with Crippen LogP contribution in [0.25, 0.3) is 0 Å². The summed E-state index contributed by atoms with van der Waals surface area (Å²) in [6, 6.07) is 0.998. The predicted octanol–water partition coefficient (Wildman–Crippen LogP) is 0.944. The molecule has 0 bridgehead atoms. The summed E-state index contributed by atoms with van der Waals surface area (Å²) in [4.78, 5) is 36.0. The van der Waals surface area contributed by atoms with Crippen molar-refractivity contribution in [2.24, 2.45) is 0 Å². The van der Waals surface area contributed by atoms with Gasteiger partial charge >= 0.3 is 5.97 Å². The van der Waals surface area contributed by atoms with E-state index in [4.69, 9.17) is 5.11 Å². The van der Waals surface area contributed by atoms with E-state index < -0.39 is 12.0 Å². The number of amides is 2. The Morgan fingerprint density at radius 2 is 2.25 bits per heavy atom. The Morgan fingerprint density at radius 3 is 2.90 bits per heavy atom. The molecule has 0 saturated carbocycles. The van der Waals surface area contributed by atoms with Crippen LogP contribution >= 0.6 is 11.3 Å². The summed E-state index contributed by atoms with van der Waals surface area (Å²) in [6.45, 7) is 0.699. The van der Waals surface area contributed by atoms with Gasteiger partial charge in [-0.25, -0.2) is 4.79 Å². The lowest BCUT2D eigenvalue weighted by atomic mass is 10.2. The van der Waals surface area contributed by atoms with E-state index in [-0.39, 0.29) is 24.8 Å². The molecule has 1 aliphatic heterocycles. The first-order chi connectivity index (χ1) is 9.59. The molecule has 2 amide bonds. The fourth-order valence-corrected chi connectivity index (χ4v) is 2.88. The highest BCUT2D eigenvalue weighted by Gasteiger charge is 2.33. The Kier molecular flexibility index (Phi) is 4.73. The van der Waals surface area contributed by atoms with Crippen LogP contribution in [0, 0.1) is 0 Å². The Balaban J connectivity index is 1.78. The Labute approximate surface area is 120 Å². The minimum absolute atomic E-state index is 0.125. The molecule has 1 saturated heterocycles. The van der Waals surface area contributed by atoms with Gasteiger partial charge in [0.05, 0.1) is 0 Å². The number of carbonyl (C=O) groups excluding carboxylic acids is 2. The van der Waals surface area contributed by atoms with Crippen LogP contribution in [0.1, 0.15) is 29.6 Å². The largest absolute Gasteiger partial charge is 0.480 e. The zero-order chi connectivity index (χ0) is 14.5. The van der Waals surface area contributed by atoms with Gasteiger partial charge in [-0.2, -0.15) is 11.3 Å². The number of nitrogens with zero attached hydrogens (tertiary/aromatic N) is 1. The molecule has 1 aromatic rings. The lowest BCUT2D eigenvalue weighted by molar-refractivity contribution is -0.148. The van der Waals surface area contributed by atoms with Gasteiger partial charge in [0.2, 0.25) is 5.91 Å². The van der Waals surface area contributed by atoms with E-state index in [9.17, 15) is 14.4 Å². The molecule has 1 aromatic heterocycles. The highest BCUT2D eigenvalue weighted by atomic mass is 32.1. The molecule has 1 atom stereocenters. The first-order valence-corrected chi connectivity index (χ1v) is 7.36. The van der Waals surface area contributed by atoms with Crippen LogP contribution in [-0.4, -0.2) is 46.9 Å². The average molecular weight is 296 g/mol. The molecule has 0 aromatic carbocycles. The predicted molar refractivity (Wildman–Crippen MR) is 73.6 cm³/mol. The second-order valence-corrected chi connectivity index (χ2v) is 5.38. The van der Waals surface area contributed by atoms with Crippen molar-refractivity contribution >= 4 is 29.1 Å². The SMILES string of the molecule is O=C(NCCC(=O)N1CCCC1C(=O)O)c1ccsc1. The molecule has 20 heavy (non-hydrogen) atoms. The maximum Gasteiger partial charge on any atom is 0.326 e. The average Bonchev–Trinajstić information content (AvgIpc) is 3.09. The highest BCUT2D eigenvalue weighted by molar-refractivity contribution is 7.08. The molecule has 1 aliphatic rings. The number of hydrogen-bond donors (Lipinski definition) is 2. The van der Waals surface area contributed by atoms with E-state index in [1.807, 2.05) is 5.38 Å². The number of likely N-dealkylation sites (tertiary alicyclic amines) is 1. The van der Waals surface area contributed by atoms with Crippen LogP contribution in [-0.2, 0) is 9.59 Å². The topological polar surface area (TPSA) is 86.7 Å². The van der Waals surface area contributed by atoms with Crippen molar-refractivity contribution in [2.45, 2.75) is 25.3 Å². The fourth-order valence-electron chi connectivity index (χ4n) is 2.24. The van der Waals surface area contributed by atoms with Crippen molar-refractivity contribution in [1.29, 1.82) is 0 Å². The highest BCUT2D eigenvalue weighted by Crippen LogP contribution is 2.18. The standard InChI is InChI=1S/C13H16N2O4S/c16-11(15-6-1-2-10(15)13(18)19)3-5-14-12(17)9-4-7-20-8-9/h4,7-8,10H,1-3,5-6H2,(H,14,17)(H,18,19). The molecule has 0 aliphatic carbocycles. The lowest BCUT2D eigenvalue weighted by Crippen LogP contribution is -2.41. The molecule has 7 heteroatoms. The number of thiophene rings is 1. The smallest absolute Gasteiger partial charge is 0.326 e. The third-order valence-corrected chi connectivity index (χ3v) is 3.95. The van der Waals surface area contributed by atoms with Crippen molar-refractivity contribution in [1.82, 2.24) is 10.2 Å². The van der Waals surface area contributed by atoms with Crippen LogP contribution in [0.4, 0.5) is 0 Å². The molecule has 0 radical (unpaired) electrons. The lowest BCUT2D eigenvalue weighted by Gasteiger charge is -2.21. The van der Waals surface area contributed by atoms with E-state index in [0.29, 0.717) is 24.9 Å². The molecule has 1 unspecified atom stereocenters. The summed E-state index contributed by atoms with van der Waals surface area (Å²) in [7, 11) is 0. The third kappa shape index (κ3) is 3.36. The van der Waals surface area contributed by atoms with E-state index in [2.05, 4.69) is 5.32 Å². The molecule has 0 spiro atoms. The van der Waals surface area contributed by atoms with Crippen LogP contribution in [0.15, 0.2) is 16.8 Å². The maximum atomic E-state index is 11.9. The molecule has 108 valence electrons. The van der Waals surface area contributed by atoms with E-state index in [1.165, 1.54) is 16.2 Å². The number of rotatable bonds is 5. The second-order valence-electron chi connectivity index (χ2n) is 4.60. The molecule has 1 fully saturated rings. The van der Waals surface area contributed by atoms with Gasteiger partial charge in [-0.3, -0.25) is 9.59 Å². The van der Waals surface area contributed by atoms with Crippen molar-refractivity contribution in [3.05, 3.63) is 22.4 Å². The van der Waals surface area contributed by atoms with Gasteiger partial charge in [0.15, 0.2) is 0 Å². The minimum atomic E-state index is -0.960. The van der Waals surface area contributed by atoms with E-state index >= 15 is 0 Å². The van der Waals surface area contributed by atoms with Crippen LogP contribution in [0.2, 0.25) is 0 Å². The molecule has 2 heterocycles. The quantitative estimate of drug-likeness (QED) is 0.846. The van der Waals surface area contributed by atoms with Gasteiger partial charge in [0.1, 0.15) is 6.04 Å². The minimum Gasteiger partial charge on any atom is -0.480 e.